The van der Waals surface area contributed by atoms with Crippen LogP contribution in [0.25, 0.3) is 0 Å². The number of aliphatic carboxylic acids is 1. The van der Waals surface area contributed by atoms with Gasteiger partial charge in [0.1, 0.15) is 0 Å². The quantitative estimate of drug-likeness (QED) is 0.787. The predicted molar refractivity (Wildman–Crippen MR) is 69.5 cm³/mol. The van der Waals surface area contributed by atoms with Gasteiger partial charge in [0.25, 0.3) is 0 Å². The van der Waals surface area contributed by atoms with Crippen molar-refractivity contribution in [2.45, 2.75) is 51.0 Å². The van der Waals surface area contributed by atoms with Crippen molar-refractivity contribution in [3.63, 3.8) is 0 Å². The average molecular weight is 269 g/mol. The van der Waals surface area contributed by atoms with Crippen LogP contribution in [0.15, 0.2) is 0 Å². The third-order valence-electron chi connectivity index (χ3n) is 4.49. The first-order valence-electron chi connectivity index (χ1n) is 7.27. The Bertz CT molecular complexity index is 344. The molecule has 5 nitrogen and oxygen atoms in total. The summed E-state index contributed by atoms with van der Waals surface area (Å²) in [6.45, 7) is 0.964. The van der Waals surface area contributed by atoms with E-state index in [1.54, 1.807) is 0 Å². The molecule has 0 spiro atoms. The molecule has 3 unspecified atom stereocenters. The molecule has 108 valence electrons. The van der Waals surface area contributed by atoms with Crippen LogP contribution in [0.3, 0.4) is 0 Å². The van der Waals surface area contributed by atoms with E-state index in [0.29, 0.717) is 19.3 Å². The summed E-state index contributed by atoms with van der Waals surface area (Å²) in [5, 5.41) is 17.9. The van der Waals surface area contributed by atoms with Crippen LogP contribution in [0.1, 0.15) is 44.9 Å². The van der Waals surface area contributed by atoms with E-state index in [4.69, 9.17) is 10.2 Å². The van der Waals surface area contributed by atoms with E-state index >= 15 is 0 Å². The number of hydrogen-bond donors (Lipinski definition) is 2. The van der Waals surface area contributed by atoms with Gasteiger partial charge in [0.15, 0.2) is 0 Å². The Balaban J connectivity index is 1.90. The SMILES string of the molecule is O=C(O)C1CCC(C(=O)N2CCCC2CCCO)C1. The first-order valence-corrected chi connectivity index (χ1v) is 7.27. The van der Waals surface area contributed by atoms with Crippen LogP contribution in [-0.4, -0.2) is 46.2 Å². The molecule has 1 aliphatic carbocycles. The Morgan fingerprint density at radius 2 is 1.89 bits per heavy atom. The van der Waals surface area contributed by atoms with Crippen molar-refractivity contribution < 1.29 is 19.8 Å². The number of carboxylic acid groups (broad SMARTS) is 1. The lowest BCUT2D eigenvalue weighted by molar-refractivity contribution is -0.141. The number of aliphatic hydroxyl groups excluding tert-OH is 1. The van der Waals surface area contributed by atoms with Crippen LogP contribution in [0.2, 0.25) is 0 Å². The zero-order valence-corrected chi connectivity index (χ0v) is 11.3. The number of carboxylic acids is 1. The van der Waals surface area contributed by atoms with Gasteiger partial charge in [-0.3, -0.25) is 9.59 Å². The maximum absolute atomic E-state index is 12.5. The molecule has 19 heavy (non-hydrogen) atoms. The maximum Gasteiger partial charge on any atom is 0.306 e. The van der Waals surface area contributed by atoms with Crippen molar-refractivity contribution in [3.05, 3.63) is 0 Å². The second-order valence-electron chi connectivity index (χ2n) is 5.74. The second kappa shape index (κ2) is 6.37. The zero-order valence-electron chi connectivity index (χ0n) is 11.3. The molecule has 2 fully saturated rings. The lowest BCUT2D eigenvalue weighted by atomic mass is 10.0. The van der Waals surface area contributed by atoms with Gasteiger partial charge in [-0.1, -0.05) is 0 Å². The molecule has 1 saturated heterocycles. The number of carbonyl (C=O) groups is 2. The number of nitrogens with zero attached hydrogens (tertiary/aromatic N) is 1. The summed E-state index contributed by atoms with van der Waals surface area (Å²) >= 11 is 0. The van der Waals surface area contributed by atoms with Gasteiger partial charge in [-0.05, 0) is 44.9 Å². The van der Waals surface area contributed by atoms with E-state index in [2.05, 4.69) is 0 Å². The van der Waals surface area contributed by atoms with E-state index in [9.17, 15) is 9.59 Å². The molecule has 0 radical (unpaired) electrons. The second-order valence-corrected chi connectivity index (χ2v) is 5.74. The molecule has 1 saturated carbocycles. The third-order valence-corrected chi connectivity index (χ3v) is 4.49. The van der Waals surface area contributed by atoms with Gasteiger partial charge >= 0.3 is 5.97 Å². The van der Waals surface area contributed by atoms with Gasteiger partial charge in [0, 0.05) is 25.1 Å². The van der Waals surface area contributed by atoms with Crippen LogP contribution >= 0.6 is 0 Å². The lowest BCUT2D eigenvalue weighted by Crippen LogP contribution is -2.39. The monoisotopic (exact) mass is 269 g/mol. The van der Waals surface area contributed by atoms with Gasteiger partial charge in [-0.25, -0.2) is 0 Å². The van der Waals surface area contributed by atoms with Gasteiger partial charge in [-0.15, -0.1) is 0 Å². The number of aliphatic hydroxyl groups is 1. The topological polar surface area (TPSA) is 77.8 Å². The van der Waals surface area contributed by atoms with Crippen LogP contribution in [0.5, 0.6) is 0 Å². The Kier molecular flexibility index (Phi) is 4.80. The standard InChI is InChI=1S/C14H23NO4/c16-8-2-4-12-3-1-7-15(12)13(17)10-5-6-11(9-10)14(18)19/h10-12,16H,1-9H2,(H,18,19). The van der Waals surface area contributed by atoms with Gasteiger partial charge in [0.2, 0.25) is 5.91 Å². The molecule has 2 aliphatic rings. The van der Waals surface area contributed by atoms with Crippen molar-refractivity contribution in [2.24, 2.45) is 11.8 Å². The Labute approximate surface area is 113 Å². The normalized spacial score (nSPS) is 30.8. The molecule has 0 aromatic carbocycles. The first-order chi connectivity index (χ1) is 9.13. The summed E-state index contributed by atoms with van der Waals surface area (Å²) in [7, 11) is 0. The van der Waals surface area contributed by atoms with Crippen molar-refractivity contribution in [1.29, 1.82) is 0 Å². The molecule has 0 bridgehead atoms. The molecule has 0 aromatic heterocycles. The Morgan fingerprint density at radius 1 is 1.16 bits per heavy atom. The highest BCUT2D eigenvalue weighted by atomic mass is 16.4. The van der Waals surface area contributed by atoms with E-state index in [-0.39, 0.29) is 30.4 Å². The molecule has 2 N–H and O–H groups in total. The summed E-state index contributed by atoms with van der Waals surface area (Å²) in [6.07, 6.45) is 5.46. The van der Waals surface area contributed by atoms with Crippen molar-refractivity contribution in [2.75, 3.05) is 13.2 Å². The molecular weight excluding hydrogens is 246 g/mol. The van der Waals surface area contributed by atoms with Crippen LogP contribution in [-0.2, 0) is 9.59 Å². The number of amides is 1. The molecule has 1 heterocycles. The number of likely N-dealkylation sites (tertiary alicyclic amines) is 1. The molecule has 3 atom stereocenters. The maximum atomic E-state index is 12.5. The number of rotatable bonds is 5. The summed E-state index contributed by atoms with van der Waals surface area (Å²) in [6, 6.07) is 0.253. The predicted octanol–water partition coefficient (Wildman–Crippen LogP) is 1.25. The van der Waals surface area contributed by atoms with Crippen molar-refractivity contribution in [1.82, 2.24) is 4.90 Å². The fourth-order valence-corrected chi connectivity index (χ4v) is 3.42. The minimum Gasteiger partial charge on any atom is -0.481 e. The van der Waals surface area contributed by atoms with E-state index < -0.39 is 5.97 Å². The largest absolute Gasteiger partial charge is 0.481 e. The number of carbonyl (C=O) groups excluding carboxylic acids is 1. The van der Waals surface area contributed by atoms with Crippen LogP contribution in [0, 0.1) is 11.8 Å². The molecular formula is C14H23NO4. The number of hydrogen-bond acceptors (Lipinski definition) is 3. The average Bonchev–Trinajstić information content (AvgIpc) is 3.04. The lowest BCUT2D eigenvalue weighted by Gasteiger charge is -2.27. The summed E-state index contributed by atoms with van der Waals surface area (Å²) in [5.41, 5.74) is 0. The summed E-state index contributed by atoms with van der Waals surface area (Å²) in [5.74, 6) is -1.07. The molecule has 1 aliphatic heterocycles. The summed E-state index contributed by atoms with van der Waals surface area (Å²) in [4.78, 5) is 25.3. The highest BCUT2D eigenvalue weighted by Gasteiger charge is 2.38. The Morgan fingerprint density at radius 3 is 2.53 bits per heavy atom. The van der Waals surface area contributed by atoms with Crippen LogP contribution < -0.4 is 0 Å². The first kappa shape index (κ1) is 14.3. The van der Waals surface area contributed by atoms with E-state index in [1.165, 1.54) is 0 Å². The van der Waals surface area contributed by atoms with E-state index in [0.717, 1.165) is 32.2 Å². The fraction of sp³-hybridized carbons (Fsp3) is 0.857. The van der Waals surface area contributed by atoms with E-state index in [1.807, 2.05) is 4.90 Å². The highest BCUT2D eigenvalue weighted by molar-refractivity contribution is 5.81. The summed E-state index contributed by atoms with van der Waals surface area (Å²) < 4.78 is 0. The van der Waals surface area contributed by atoms with Gasteiger partial charge < -0.3 is 15.1 Å². The van der Waals surface area contributed by atoms with Gasteiger partial charge in [-0.2, -0.15) is 0 Å². The van der Waals surface area contributed by atoms with Crippen molar-refractivity contribution >= 4 is 11.9 Å². The van der Waals surface area contributed by atoms with Crippen molar-refractivity contribution in [3.8, 4) is 0 Å². The smallest absolute Gasteiger partial charge is 0.306 e. The molecule has 5 heteroatoms. The minimum absolute atomic E-state index is 0.101. The van der Waals surface area contributed by atoms with Crippen LogP contribution in [0.4, 0.5) is 0 Å². The zero-order chi connectivity index (χ0) is 13.8. The fourth-order valence-electron chi connectivity index (χ4n) is 3.42. The molecule has 0 aromatic rings. The Hall–Kier alpha value is -1.10. The minimum atomic E-state index is -0.770. The molecule has 1 amide bonds. The third kappa shape index (κ3) is 3.26. The van der Waals surface area contributed by atoms with Gasteiger partial charge in [0.05, 0.1) is 5.92 Å². The highest BCUT2D eigenvalue weighted by Crippen LogP contribution is 2.34. The molecule has 2 rings (SSSR count).